The van der Waals surface area contributed by atoms with Crippen molar-refractivity contribution in [2.75, 3.05) is 11.9 Å². The highest BCUT2D eigenvalue weighted by Crippen LogP contribution is 2.14. The number of aryl methyl sites for hydroxylation is 1. The van der Waals surface area contributed by atoms with Crippen molar-refractivity contribution in [3.63, 3.8) is 0 Å². The van der Waals surface area contributed by atoms with Gasteiger partial charge in [0.05, 0.1) is 0 Å². The number of aromatic nitrogens is 2. The molecule has 0 unspecified atom stereocenters. The van der Waals surface area contributed by atoms with E-state index in [1.54, 1.807) is 34.9 Å². The van der Waals surface area contributed by atoms with Gasteiger partial charge in [-0.3, -0.25) is 4.79 Å². The average Bonchev–Trinajstić information content (AvgIpc) is 2.98. The Balaban J connectivity index is 1.59. The highest BCUT2D eigenvalue weighted by molar-refractivity contribution is 9.10. The smallest absolute Gasteiger partial charge is 0.359 e. The molecule has 24 heavy (non-hydrogen) atoms. The molecular weight excluding hydrogens is 374 g/mol. The molecule has 0 saturated carbocycles. The summed E-state index contributed by atoms with van der Waals surface area (Å²) in [7, 11) is 0. The molecule has 6 nitrogen and oxygen atoms in total. The summed E-state index contributed by atoms with van der Waals surface area (Å²) < 4.78 is 7.65. The molecule has 1 amide bonds. The van der Waals surface area contributed by atoms with Gasteiger partial charge in [-0.15, -0.1) is 0 Å². The molecule has 0 bridgehead atoms. The second kappa shape index (κ2) is 6.84. The van der Waals surface area contributed by atoms with Crippen molar-refractivity contribution in [3.8, 4) is 0 Å². The summed E-state index contributed by atoms with van der Waals surface area (Å²) in [5.41, 5.74) is 2.49. The molecule has 1 N–H and O–H groups in total. The lowest BCUT2D eigenvalue weighted by atomic mass is 10.3. The summed E-state index contributed by atoms with van der Waals surface area (Å²) >= 11 is 3.32. The molecule has 3 rings (SSSR count). The van der Waals surface area contributed by atoms with Crippen molar-refractivity contribution in [2.24, 2.45) is 0 Å². The van der Waals surface area contributed by atoms with Crippen molar-refractivity contribution >= 4 is 39.1 Å². The van der Waals surface area contributed by atoms with Crippen molar-refractivity contribution in [3.05, 3.63) is 64.5 Å². The predicted octanol–water partition coefficient (Wildman–Crippen LogP) is 3.20. The number of carbonyl (C=O) groups is 2. The number of ether oxygens (including phenoxy) is 1. The number of amides is 1. The first-order chi connectivity index (χ1) is 11.5. The number of esters is 1. The molecule has 0 aliphatic rings. The Labute approximate surface area is 146 Å². The van der Waals surface area contributed by atoms with E-state index in [9.17, 15) is 9.59 Å². The number of anilines is 1. The number of carbonyl (C=O) groups excluding carboxylic acids is 2. The minimum Gasteiger partial charge on any atom is -0.451 e. The van der Waals surface area contributed by atoms with E-state index in [0.29, 0.717) is 11.3 Å². The van der Waals surface area contributed by atoms with Gasteiger partial charge in [0.25, 0.3) is 5.91 Å². The van der Waals surface area contributed by atoms with Crippen molar-refractivity contribution < 1.29 is 14.3 Å². The number of pyridine rings is 1. The maximum atomic E-state index is 12.0. The van der Waals surface area contributed by atoms with Crippen LogP contribution in [0.3, 0.4) is 0 Å². The monoisotopic (exact) mass is 387 g/mol. The first-order valence-electron chi connectivity index (χ1n) is 7.19. The number of rotatable bonds is 4. The third-order valence-corrected chi connectivity index (χ3v) is 3.82. The molecule has 0 spiro atoms. The van der Waals surface area contributed by atoms with Crippen LogP contribution >= 0.6 is 15.9 Å². The Morgan fingerprint density at radius 2 is 2.00 bits per heavy atom. The predicted molar refractivity (Wildman–Crippen MR) is 93.0 cm³/mol. The van der Waals surface area contributed by atoms with Crippen LogP contribution in [0.25, 0.3) is 5.65 Å². The van der Waals surface area contributed by atoms with E-state index in [-0.39, 0.29) is 12.3 Å². The molecule has 7 heteroatoms. The maximum Gasteiger partial charge on any atom is 0.359 e. The molecule has 0 aliphatic carbocycles. The Hall–Kier alpha value is -2.67. The molecule has 0 atom stereocenters. The highest BCUT2D eigenvalue weighted by Gasteiger charge is 2.14. The van der Waals surface area contributed by atoms with E-state index in [1.807, 2.05) is 25.3 Å². The molecule has 122 valence electrons. The average molecular weight is 388 g/mol. The lowest BCUT2D eigenvalue weighted by Gasteiger charge is -2.05. The lowest BCUT2D eigenvalue weighted by molar-refractivity contribution is -0.119. The van der Waals surface area contributed by atoms with Crippen LogP contribution in [0.15, 0.2) is 53.3 Å². The van der Waals surface area contributed by atoms with E-state index in [1.165, 1.54) is 0 Å². The molecule has 1 aromatic carbocycles. The van der Waals surface area contributed by atoms with Gasteiger partial charge in [-0.2, -0.15) is 0 Å². The van der Waals surface area contributed by atoms with Crippen LogP contribution in [0.5, 0.6) is 0 Å². The summed E-state index contributed by atoms with van der Waals surface area (Å²) in [6, 6.07) is 10.9. The quantitative estimate of drug-likeness (QED) is 0.697. The zero-order chi connectivity index (χ0) is 17.1. The molecule has 3 aromatic rings. The number of halogens is 1. The first-order valence-corrected chi connectivity index (χ1v) is 7.98. The van der Waals surface area contributed by atoms with Crippen molar-refractivity contribution in [2.45, 2.75) is 6.92 Å². The summed E-state index contributed by atoms with van der Waals surface area (Å²) in [6.45, 7) is 1.57. The minimum atomic E-state index is -0.637. The van der Waals surface area contributed by atoms with Crippen LogP contribution in [0.2, 0.25) is 0 Å². The number of benzene rings is 1. The lowest BCUT2D eigenvalue weighted by Crippen LogP contribution is -2.21. The van der Waals surface area contributed by atoms with Gasteiger partial charge in [-0.25, -0.2) is 9.78 Å². The zero-order valence-corrected chi connectivity index (χ0v) is 14.4. The number of nitrogens with one attached hydrogen (secondary N) is 1. The van der Waals surface area contributed by atoms with E-state index in [0.717, 1.165) is 10.0 Å². The second-order valence-electron chi connectivity index (χ2n) is 5.23. The molecule has 0 saturated heterocycles. The third-order valence-electron chi connectivity index (χ3n) is 3.29. The fraction of sp³-hybridized carbons (Fsp3) is 0.118. The highest BCUT2D eigenvalue weighted by atomic mass is 79.9. The van der Waals surface area contributed by atoms with Crippen LogP contribution in [-0.4, -0.2) is 27.9 Å². The Morgan fingerprint density at radius 1 is 1.25 bits per heavy atom. The maximum absolute atomic E-state index is 12.0. The summed E-state index contributed by atoms with van der Waals surface area (Å²) in [4.78, 5) is 28.0. The van der Waals surface area contributed by atoms with Crippen LogP contribution in [-0.2, 0) is 9.53 Å². The van der Waals surface area contributed by atoms with Gasteiger partial charge >= 0.3 is 5.97 Å². The topological polar surface area (TPSA) is 72.7 Å². The SMILES string of the molecule is Cc1ccn2cc(C(=O)OCC(=O)Nc3ccc(Br)cc3)nc2c1. The zero-order valence-electron chi connectivity index (χ0n) is 12.8. The number of hydrogen-bond acceptors (Lipinski definition) is 4. The van der Waals surface area contributed by atoms with Crippen LogP contribution in [0.1, 0.15) is 16.1 Å². The Kier molecular flexibility index (Phi) is 4.61. The fourth-order valence-corrected chi connectivity index (χ4v) is 2.38. The molecule has 2 heterocycles. The Morgan fingerprint density at radius 3 is 2.75 bits per heavy atom. The van der Waals surface area contributed by atoms with E-state index in [4.69, 9.17) is 4.74 Å². The number of nitrogens with zero attached hydrogens (tertiary/aromatic N) is 2. The van der Waals surface area contributed by atoms with E-state index < -0.39 is 11.9 Å². The third kappa shape index (κ3) is 3.80. The van der Waals surface area contributed by atoms with Gasteiger partial charge in [0.2, 0.25) is 0 Å². The molecule has 0 radical (unpaired) electrons. The number of imidazole rings is 1. The molecule has 0 fully saturated rings. The van der Waals surface area contributed by atoms with Crippen LogP contribution in [0.4, 0.5) is 5.69 Å². The molecular formula is C17H14BrN3O3. The van der Waals surface area contributed by atoms with Crippen LogP contribution in [0, 0.1) is 6.92 Å². The number of hydrogen-bond donors (Lipinski definition) is 1. The van der Waals surface area contributed by atoms with Gasteiger partial charge in [0.15, 0.2) is 12.3 Å². The van der Waals surface area contributed by atoms with Crippen molar-refractivity contribution in [1.29, 1.82) is 0 Å². The van der Waals surface area contributed by atoms with Crippen LogP contribution < -0.4 is 5.32 Å². The second-order valence-corrected chi connectivity index (χ2v) is 6.14. The first kappa shape index (κ1) is 16.2. The summed E-state index contributed by atoms with van der Waals surface area (Å²) in [5.74, 6) is -1.05. The number of fused-ring (bicyclic) bond motifs is 1. The molecule has 0 aliphatic heterocycles. The summed E-state index contributed by atoms with van der Waals surface area (Å²) in [5, 5.41) is 2.65. The van der Waals surface area contributed by atoms with E-state index >= 15 is 0 Å². The molecule has 2 aromatic heterocycles. The largest absolute Gasteiger partial charge is 0.451 e. The van der Waals surface area contributed by atoms with Gasteiger partial charge in [0.1, 0.15) is 5.65 Å². The van der Waals surface area contributed by atoms with Gasteiger partial charge in [-0.1, -0.05) is 15.9 Å². The normalized spacial score (nSPS) is 10.6. The fourth-order valence-electron chi connectivity index (χ4n) is 2.12. The summed E-state index contributed by atoms with van der Waals surface area (Å²) in [6.07, 6.45) is 3.39. The standard InChI is InChI=1S/C17H14BrN3O3/c1-11-6-7-21-9-14(20-15(21)8-11)17(23)24-10-16(22)19-13-4-2-12(18)3-5-13/h2-9H,10H2,1H3,(H,19,22). The van der Waals surface area contributed by atoms with Gasteiger partial charge in [0, 0.05) is 22.6 Å². The van der Waals surface area contributed by atoms with Crippen molar-refractivity contribution in [1.82, 2.24) is 9.38 Å². The Bertz CT molecular complexity index is 903. The van der Waals surface area contributed by atoms with Gasteiger partial charge in [-0.05, 0) is 48.9 Å². The van der Waals surface area contributed by atoms with E-state index in [2.05, 4.69) is 26.2 Å². The van der Waals surface area contributed by atoms with Gasteiger partial charge < -0.3 is 14.5 Å². The minimum absolute atomic E-state index is 0.164.